The zero-order valence-electron chi connectivity index (χ0n) is 8.18. The van der Waals surface area contributed by atoms with Gasteiger partial charge in [0, 0.05) is 0 Å². The summed E-state index contributed by atoms with van der Waals surface area (Å²) in [7, 11) is 0. The Labute approximate surface area is 91.5 Å². The van der Waals surface area contributed by atoms with Crippen molar-refractivity contribution < 1.29 is 9.18 Å². The van der Waals surface area contributed by atoms with Gasteiger partial charge in [0.2, 0.25) is 0 Å². The maximum absolute atomic E-state index is 12.8. The number of halogens is 2. The third-order valence-electron chi connectivity index (χ3n) is 2.14. The van der Waals surface area contributed by atoms with Gasteiger partial charge in [-0.2, -0.15) is 0 Å². The molecular formula is C11H12BrFO. The first-order chi connectivity index (χ1) is 6.50. The molecule has 0 fully saturated rings. The number of ketones is 1. The number of Topliss-reactive ketones (excluding diaryl/α,β-unsaturated/α-hetero) is 1. The molecule has 1 aromatic carbocycles. The van der Waals surface area contributed by atoms with Crippen LogP contribution in [0.4, 0.5) is 4.39 Å². The maximum Gasteiger partial charge on any atom is 0.143 e. The van der Waals surface area contributed by atoms with E-state index in [2.05, 4.69) is 15.9 Å². The summed E-state index contributed by atoms with van der Waals surface area (Å²) in [5, 5.41) is 0. The molecule has 3 heteroatoms. The number of hydrogen-bond acceptors (Lipinski definition) is 1. The quantitative estimate of drug-likeness (QED) is 0.762. The lowest BCUT2D eigenvalue weighted by Gasteiger charge is -2.08. The van der Waals surface area contributed by atoms with Crippen LogP contribution in [-0.2, 0) is 11.2 Å². The average molecular weight is 259 g/mol. The topological polar surface area (TPSA) is 17.1 Å². The minimum atomic E-state index is -0.236. The van der Waals surface area contributed by atoms with E-state index in [1.165, 1.54) is 19.1 Å². The Morgan fingerprint density at radius 1 is 1.57 bits per heavy atom. The highest BCUT2D eigenvalue weighted by Crippen LogP contribution is 2.16. The Kier molecular flexibility index (Phi) is 3.81. The number of rotatable bonds is 3. The fourth-order valence-corrected chi connectivity index (χ4v) is 1.57. The lowest BCUT2D eigenvalue weighted by atomic mass is 10.0. The second-order valence-corrected chi connectivity index (χ2v) is 4.46. The number of hydrogen-bond donors (Lipinski definition) is 0. The van der Waals surface area contributed by atoms with E-state index >= 15 is 0 Å². The Hall–Kier alpha value is -0.700. The molecule has 0 saturated heterocycles. The Bertz CT molecular complexity index is 349. The van der Waals surface area contributed by atoms with E-state index in [-0.39, 0.29) is 16.4 Å². The monoisotopic (exact) mass is 258 g/mol. The van der Waals surface area contributed by atoms with Gasteiger partial charge in [-0.25, -0.2) is 4.39 Å². The Morgan fingerprint density at radius 3 is 2.71 bits per heavy atom. The third kappa shape index (κ3) is 2.91. The lowest BCUT2D eigenvalue weighted by Crippen LogP contribution is -2.13. The predicted octanol–water partition coefficient (Wildman–Crippen LogP) is 3.03. The fraction of sp³-hybridized carbons (Fsp3) is 0.364. The molecule has 0 aliphatic rings. The summed E-state index contributed by atoms with van der Waals surface area (Å²) in [4.78, 5) is 10.8. The van der Waals surface area contributed by atoms with Gasteiger partial charge in [-0.15, -0.1) is 0 Å². The van der Waals surface area contributed by atoms with Crippen LogP contribution in [0.25, 0.3) is 0 Å². The number of carbonyl (C=O) groups excluding carboxylic acids is 1. The number of aryl methyl sites for hydroxylation is 1. The summed E-state index contributed by atoms with van der Waals surface area (Å²) < 4.78 is 12.8. The van der Waals surface area contributed by atoms with Crippen LogP contribution in [-0.4, -0.2) is 10.6 Å². The first-order valence-electron chi connectivity index (χ1n) is 4.40. The van der Waals surface area contributed by atoms with Crippen molar-refractivity contribution in [3.63, 3.8) is 0 Å². The molecule has 14 heavy (non-hydrogen) atoms. The average Bonchev–Trinajstić information content (AvgIpc) is 2.09. The molecule has 0 aliphatic heterocycles. The highest BCUT2D eigenvalue weighted by atomic mass is 79.9. The van der Waals surface area contributed by atoms with Gasteiger partial charge in [0.15, 0.2) is 0 Å². The van der Waals surface area contributed by atoms with Crippen LogP contribution < -0.4 is 0 Å². The summed E-state index contributed by atoms with van der Waals surface area (Å²) in [6.07, 6.45) is 0.613. The van der Waals surface area contributed by atoms with Gasteiger partial charge < -0.3 is 0 Å². The molecule has 1 nitrogen and oxygen atoms in total. The van der Waals surface area contributed by atoms with E-state index in [9.17, 15) is 9.18 Å². The molecule has 0 radical (unpaired) electrons. The minimum Gasteiger partial charge on any atom is -0.299 e. The van der Waals surface area contributed by atoms with Gasteiger partial charge in [-0.05, 0) is 43.5 Å². The highest BCUT2D eigenvalue weighted by molar-refractivity contribution is 9.10. The second-order valence-electron chi connectivity index (χ2n) is 3.35. The molecule has 0 aromatic heterocycles. The molecule has 0 spiro atoms. The van der Waals surface area contributed by atoms with E-state index in [0.29, 0.717) is 6.42 Å². The van der Waals surface area contributed by atoms with Crippen molar-refractivity contribution in [1.82, 2.24) is 0 Å². The molecule has 1 rings (SSSR count). The molecule has 0 amide bonds. The van der Waals surface area contributed by atoms with E-state index in [1.807, 2.05) is 6.92 Å². The van der Waals surface area contributed by atoms with Crippen molar-refractivity contribution >= 4 is 21.7 Å². The van der Waals surface area contributed by atoms with Crippen molar-refractivity contribution in [2.75, 3.05) is 0 Å². The third-order valence-corrected chi connectivity index (χ3v) is 3.11. The van der Waals surface area contributed by atoms with Gasteiger partial charge in [0.25, 0.3) is 0 Å². The van der Waals surface area contributed by atoms with Crippen LogP contribution in [0, 0.1) is 12.7 Å². The van der Waals surface area contributed by atoms with Crippen LogP contribution in [0.1, 0.15) is 18.1 Å². The van der Waals surface area contributed by atoms with Crippen LogP contribution in [0.2, 0.25) is 0 Å². The number of alkyl halides is 1. The van der Waals surface area contributed by atoms with Gasteiger partial charge in [-0.3, -0.25) is 4.79 Å². The van der Waals surface area contributed by atoms with Gasteiger partial charge in [-0.1, -0.05) is 22.0 Å². The normalized spacial score (nSPS) is 12.6. The maximum atomic E-state index is 12.8. The summed E-state index contributed by atoms with van der Waals surface area (Å²) in [5.41, 5.74) is 1.89. The molecule has 76 valence electrons. The number of carbonyl (C=O) groups is 1. The molecular weight excluding hydrogens is 247 g/mol. The van der Waals surface area contributed by atoms with Crippen LogP contribution in [0.5, 0.6) is 0 Å². The smallest absolute Gasteiger partial charge is 0.143 e. The summed E-state index contributed by atoms with van der Waals surface area (Å²) in [5.74, 6) is -0.145. The first kappa shape index (κ1) is 11.4. The molecule has 0 aliphatic carbocycles. The van der Waals surface area contributed by atoms with E-state index in [0.717, 1.165) is 11.1 Å². The van der Waals surface area contributed by atoms with Gasteiger partial charge >= 0.3 is 0 Å². The Morgan fingerprint density at radius 2 is 2.21 bits per heavy atom. The SMILES string of the molecule is CC(=O)C(Br)Cc1ccc(F)cc1C. The van der Waals surface area contributed by atoms with Crippen molar-refractivity contribution in [2.45, 2.75) is 25.1 Å². The van der Waals surface area contributed by atoms with Gasteiger partial charge in [0.05, 0.1) is 4.83 Å². The predicted molar refractivity (Wildman–Crippen MR) is 58.2 cm³/mol. The summed E-state index contributed by atoms with van der Waals surface area (Å²) in [6, 6.07) is 4.62. The van der Waals surface area contributed by atoms with E-state index in [1.54, 1.807) is 6.07 Å². The summed E-state index contributed by atoms with van der Waals surface area (Å²) in [6.45, 7) is 3.39. The fourth-order valence-electron chi connectivity index (χ4n) is 1.23. The van der Waals surface area contributed by atoms with Gasteiger partial charge in [0.1, 0.15) is 11.6 Å². The van der Waals surface area contributed by atoms with Crippen LogP contribution >= 0.6 is 15.9 Å². The molecule has 0 saturated carbocycles. The van der Waals surface area contributed by atoms with Crippen molar-refractivity contribution in [3.8, 4) is 0 Å². The first-order valence-corrected chi connectivity index (χ1v) is 5.32. The molecule has 0 heterocycles. The zero-order chi connectivity index (χ0) is 10.7. The van der Waals surface area contributed by atoms with E-state index in [4.69, 9.17) is 0 Å². The highest BCUT2D eigenvalue weighted by Gasteiger charge is 2.11. The van der Waals surface area contributed by atoms with Crippen molar-refractivity contribution in [3.05, 3.63) is 35.1 Å². The standard InChI is InChI=1S/C11H12BrFO/c1-7-5-10(13)4-3-9(7)6-11(12)8(2)14/h3-5,11H,6H2,1-2H3. The second kappa shape index (κ2) is 4.69. The summed E-state index contributed by atoms with van der Waals surface area (Å²) >= 11 is 3.29. The molecule has 1 atom stereocenters. The zero-order valence-corrected chi connectivity index (χ0v) is 9.77. The minimum absolute atomic E-state index is 0.0914. The van der Waals surface area contributed by atoms with Crippen molar-refractivity contribution in [1.29, 1.82) is 0 Å². The Balaban J connectivity index is 2.82. The van der Waals surface area contributed by atoms with Crippen LogP contribution in [0.15, 0.2) is 18.2 Å². The molecule has 0 N–H and O–H groups in total. The van der Waals surface area contributed by atoms with Crippen molar-refractivity contribution in [2.24, 2.45) is 0 Å². The molecule has 1 aromatic rings. The number of benzene rings is 1. The lowest BCUT2D eigenvalue weighted by molar-refractivity contribution is -0.116. The largest absolute Gasteiger partial charge is 0.299 e. The molecule has 1 unspecified atom stereocenters. The van der Waals surface area contributed by atoms with Crippen LogP contribution in [0.3, 0.4) is 0 Å². The van der Waals surface area contributed by atoms with E-state index < -0.39 is 0 Å². The molecule has 0 bridgehead atoms.